The van der Waals surface area contributed by atoms with E-state index < -0.39 is 6.10 Å². The van der Waals surface area contributed by atoms with Crippen molar-refractivity contribution >= 4 is 17.9 Å². The van der Waals surface area contributed by atoms with Crippen molar-refractivity contribution in [2.45, 2.75) is 20.0 Å². The van der Waals surface area contributed by atoms with Crippen LogP contribution in [-0.4, -0.2) is 25.3 Å². The van der Waals surface area contributed by atoms with Crippen LogP contribution in [0.4, 0.5) is 5.69 Å². The maximum Gasteiger partial charge on any atom is 0.272 e. The van der Waals surface area contributed by atoms with Crippen LogP contribution < -0.4 is 14.4 Å². The molecule has 1 aliphatic heterocycles. The third-order valence-corrected chi connectivity index (χ3v) is 3.93. The Labute approximate surface area is 140 Å². The predicted molar refractivity (Wildman–Crippen MR) is 90.8 cm³/mol. The van der Waals surface area contributed by atoms with Crippen molar-refractivity contribution in [3.8, 4) is 11.5 Å². The van der Waals surface area contributed by atoms with Crippen molar-refractivity contribution in [3.63, 3.8) is 0 Å². The minimum Gasteiger partial charge on any atom is -0.490 e. The zero-order valence-corrected chi connectivity index (χ0v) is 13.7. The van der Waals surface area contributed by atoms with Gasteiger partial charge in [-0.1, -0.05) is 30.3 Å². The van der Waals surface area contributed by atoms with Gasteiger partial charge in [0.15, 0.2) is 11.5 Å². The molecule has 24 heavy (non-hydrogen) atoms. The molecule has 0 radical (unpaired) electrons. The fourth-order valence-corrected chi connectivity index (χ4v) is 2.85. The zero-order chi connectivity index (χ0) is 17.1. The summed E-state index contributed by atoms with van der Waals surface area (Å²) >= 11 is 0. The number of hydrogen-bond donors (Lipinski definition) is 0. The van der Waals surface area contributed by atoms with Crippen molar-refractivity contribution in [1.29, 1.82) is 0 Å². The summed E-state index contributed by atoms with van der Waals surface area (Å²) in [6.07, 6.45) is 0.0182. The number of carbonyl (C=O) groups excluding carboxylic acids is 2. The Balaban J connectivity index is 2.13. The van der Waals surface area contributed by atoms with Crippen LogP contribution in [-0.2, 0) is 4.79 Å². The molecule has 0 N–H and O–H groups in total. The lowest BCUT2D eigenvalue weighted by molar-refractivity contribution is -0.126. The third-order valence-electron chi connectivity index (χ3n) is 3.93. The molecule has 5 heteroatoms. The minimum atomic E-state index is -0.722. The number of anilines is 1. The maximum atomic E-state index is 12.9. The van der Waals surface area contributed by atoms with Gasteiger partial charge in [-0.2, -0.15) is 0 Å². The Hall–Kier alpha value is -2.82. The van der Waals surface area contributed by atoms with E-state index in [-0.39, 0.29) is 5.91 Å². The molecular weight excluding hydrogens is 306 g/mol. The van der Waals surface area contributed by atoms with Crippen molar-refractivity contribution in [3.05, 3.63) is 53.6 Å². The smallest absolute Gasteiger partial charge is 0.272 e. The van der Waals surface area contributed by atoms with Crippen LogP contribution in [0.15, 0.2) is 42.5 Å². The first-order chi connectivity index (χ1) is 11.7. The Morgan fingerprint density at radius 3 is 2.58 bits per heavy atom. The summed E-state index contributed by atoms with van der Waals surface area (Å²) in [5.41, 5.74) is 1.81. The molecule has 0 bridgehead atoms. The fourth-order valence-electron chi connectivity index (χ4n) is 2.85. The lowest BCUT2D eigenvalue weighted by Crippen LogP contribution is -2.41. The summed E-state index contributed by atoms with van der Waals surface area (Å²) in [6.45, 7) is 4.67. The van der Waals surface area contributed by atoms with E-state index in [4.69, 9.17) is 9.47 Å². The van der Waals surface area contributed by atoms with Crippen LogP contribution in [0.25, 0.3) is 0 Å². The second kappa shape index (κ2) is 6.74. The Kier molecular flexibility index (Phi) is 4.51. The van der Waals surface area contributed by atoms with Crippen molar-refractivity contribution in [2.24, 2.45) is 0 Å². The van der Waals surface area contributed by atoms with E-state index in [1.165, 1.54) is 0 Å². The van der Waals surface area contributed by atoms with E-state index in [0.717, 1.165) is 11.8 Å². The monoisotopic (exact) mass is 325 g/mol. The first kappa shape index (κ1) is 16.1. The Morgan fingerprint density at radius 2 is 1.96 bits per heavy atom. The molecule has 0 aliphatic carbocycles. The summed E-state index contributed by atoms with van der Waals surface area (Å²) in [6, 6.07) is 12.7. The molecule has 0 spiro atoms. The minimum absolute atomic E-state index is 0.151. The number of fused-ring (bicyclic) bond motifs is 1. The molecule has 1 aliphatic rings. The molecular formula is C19H19NO4. The van der Waals surface area contributed by atoms with E-state index in [1.807, 2.05) is 44.2 Å². The Bertz CT molecular complexity index is 757. The highest BCUT2D eigenvalue weighted by molar-refractivity contribution is 6.02. The van der Waals surface area contributed by atoms with Gasteiger partial charge in [0.2, 0.25) is 6.10 Å². The van der Waals surface area contributed by atoms with Gasteiger partial charge in [0, 0.05) is 17.7 Å². The van der Waals surface area contributed by atoms with E-state index in [1.54, 1.807) is 17.0 Å². The number of nitrogens with zero attached hydrogens (tertiary/aromatic N) is 1. The number of benzene rings is 2. The fraction of sp³-hybridized carbons (Fsp3) is 0.263. The number of likely N-dealkylation sites (N-methyl/N-ethyl adjacent to an activating group) is 1. The number of amides is 1. The average molecular weight is 325 g/mol. The summed E-state index contributed by atoms with van der Waals surface area (Å²) < 4.78 is 11.7. The predicted octanol–water partition coefficient (Wildman–Crippen LogP) is 3.38. The van der Waals surface area contributed by atoms with Crippen molar-refractivity contribution < 1.29 is 19.1 Å². The molecule has 1 amide bonds. The van der Waals surface area contributed by atoms with Crippen LogP contribution in [0.5, 0.6) is 11.5 Å². The Morgan fingerprint density at radius 1 is 1.21 bits per heavy atom. The largest absolute Gasteiger partial charge is 0.490 e. The summed E-state index contributed by atoms with van der Waals surface area (Å²) in [7, 11) is 0. The van der Waals surface area contributed by atoms with E-state index >= 15 is 0 Å². The van der Waals surface area contributed by atoms with Gasteiger partial charge in [0.25, 0.3) is 5.91 Å². The second-order valence-electron chi connectivity index (χ2n) is 5.41. The SMILES string of the molecule is CCOc1cc(C=O)cc2c1OC(c1ccccc1)C(=O)N2CC. The highest BCUT2D eigenvalue weighted by atomic mass is 16.5. The van der Waals surface area contributed by atoms with Gasteiger partial charge in [0.1, 0.15) is 6.29 Å². The van der Waals surface area contributed by atoms with Crippen LogP contribution in [0.3, 0.4) is 0 Å². The number of aldehydes is 1. The van der Waals surface area contributed by atoms with Crippen LogP contribution >= 0.6 is 0 Å². The van der Waals surface area contributed by atoms with Gasteiger partial charge >= 0.3 is 0 Å². The number of ether oxygens (including phenoxy) is 2. The van der Waals surface area contributed by atoms with Gasteiger partial charge in [0.05, 0.1) is 12.3 Å². The third kappa shape index (κ3) is 2.73. The quantitative estimate of drug-likeness (QED) is 0.791. The first-order valence-electron chi connectivity index (χ1n) is 7.98. The number of rotatable bonds is 5. The van der Waals surface area contributed by atoms with Crippen molar-refractivity contribution in [2.75, 3.05) is 18.1 Å². The highest BCUT2D eigenvalue weighted by Gasteiger charge is 2.36. The van der Waals surface area contributed by atoms with E-state index in [0.29, 0.717) is 35.9 Å². The molecule has 5 nitrogen and oxygen atoms in total. The standard InChI is InChI=1S/C19H19NO4/c1-3-20-15-10-13(12-21)11-16(23-4-2)18(15)24-17(19(20)22)14-8-6-5-7-9-14/h5-12,17H,3-4H2,1-2H3. The molecule has 2 aromatic rings. The van der Waals surface area contributed by atoms with Gasteiger partial charge < -0.3 is 14.4 Å². The van der Waals surface area contributed by atoms with Crippen LogP contribution in [0.1, 0.15) is 35.9 Å². The molecule has 1 heterocycles. The number of carbonyl (C=O) groups is 2. The molecule has 1 unspecified atom stereocenters. The second-order valence-corrected chi connectivity index (χ2v) is 5.41. The summed E-state index contributed by atoms with van der Waals surface area (Å²) in [5.74, 6) is 0.823. The van der Waals surface area contributed by atoms with E-state index in [2.05, 4.69) is 0 Å². The van der Waals surface area contributed by atoms with Gasteiger partial charge in [-0.15, -0.1) is 0 Å². The topological polar surface area (TPSA) is 55.8 Å². The van der Waals surface area contributed by atoms with Gasteiger partial charge in [-0.3, -0.25) is 9.59 Å². The molecule has 0 saturated carbocycles. The molecule has 0 aromatic heterocycles. The summed E-state index contributed by atoms with van der Waals surface area (Å²) in [4.78, 5) is 25.7. The normalized spacial score (nSPS) is 16.3. The van der Waals surface area contributed by atoms with Crippen LogP contribution in [0.2, 0.25) is 0 Å². The average Bonchev–Trinajstić information content (AvgIpc) is 2.62. The van der Waals surface area contributed by atoms with Crippen LogP contribution in [0, 0.1) is 0 Å². The molecule has 3 rings (SSSR count). The first-order valence-corrected chi connectivity index (χ1v) is 7.98. The zero-order valence-electron chi connectivity index (χ0n) is 13.7. The summed E-state index contributed by atoms with van der Waals surface area (Å²) in [5, 5.41) is 0. The molecule has 0 saturated heterocycles. The molecule has 124 valence electrons. The molecule has 1 atom stereocenters. The molecule has 2 aromatic carbocycles. The van der Waals surface area contributed by atoms with Gasteiger partial charge in [-0.05, 0) is 26.0 Å². The molecule has 0 fully saturated rings. The maximum absolute atomic E-state index is 12.9. The lowest BCUT2D eigenvalue weighted by Gasteiger charge is -2.35. The van der Waals surface area contributed by atoms with E-state index in [9.17, 15) is 9.59 Å². The van der Waals surface area contributed by atoms with Gasteiger partial charge in [-0.25, -0.2) is 0 Å². The number of hydrogen-bond acceptors (Lipinski definition) is 4. The highest BCUT2D eigenvalue weighted by Crippen LogP contribution is 2.45. The van der Waals surface area contributed by atoms with Crippen molar-refractivity contribution in [1.82, 2.24) is 0 Å². The lowest BCUT2D eigenvalue weighted by atomic mass is 10.0.